The number of carbonyl (C=O) groups is 1. The molecule has 146 valence electrons. The molecule has 0 aliphatic rings. The number of rotatable bonds is 9. The number of nitrogens with one attached hydrogen (secondary N) is 1. The molecule has 0 atom stereocenters. The first-order chi connectivity index (χ1) is 13.7. The van der Waals surface area contributed by atoms with Crippen molar-refractivity contribution in [3.63, 3.8) is 0 Å². The Morgan fingerprint density at radius 1 is 1.14 bits per heavy atom. The first-order valence-corrected chi connectivity index (χ1v) is 10.2. The zero-order valence-corrected chi connectivity index (χ0v) is 17.1. The van der Waals surface area contributed by atoms with Crippen molar-refractivity contribution < 1.29 is 14.3 Å². The zero-order chi connectivity index (χ0) is 19.8. The van der Waals surface area contributed by atoms with Crippen LogP contribution in [0.25, 0.3) is 10.6 Å². The maximum absolute atomic E-state index is 12.1. The Labute approximate surface area is 173 Å². The van der Waals surface area contributed by atoms with Crippen LogP contribution >= 0.6 is 22.9 Å². The number of hydrogen-bond donors (Lipinski definition) is 1. The third-order valence-electron chi connectivity index (χ3n) is 3.82. The Hall–Kier alpha value is -2.57. The minimum atomic E-state index is -0.0883. The van der Waals surface area contributed by atoms with Crippen molar-refractivity contribution in [2.24, 2.45) is 0 Å². The molecule has 28 heavy (non-hydrogen) atoms. The Bertz CT molecular complexity index is 912. The van der Waals surface area contributed by atoms with E-state index < -0.39 is 0 Å². The average Bonchev–Trinajstić information content (AvgIpc) is 3.15. The first kappa shape index (κ1) is 20.2. The normalized spacial score (nSPS) is 10.5. The number of halogens is 1. The Kier molecular flexibility index (Phi) is 7.28. The largest absolute Gasteiger partial charge is 0.493 e. The Morgan fingerprint density at radius 3 is 2.71 bits per heavy atom. The van der Waals surface area contributed by atoms with Crippen LogP contribution in [0, 0.1) is 0 Å². The van der Waals surface area contributed by atoms with Gasteiger partial charge < -0.3 is 14.8 Å². The Balaban J connectivity index is 1.48. The predicted molar refractivity (Wildman–Crippen MR) is 112 cm³/mol. The SMILES string of the molecule is CCOc1ccccc1-c1nc(CC(=O)NCCOc2ccc(Cl)cc2)cs1. The van der Waals surface area contributed by atoms with E-state index in [0.29, 0.717) is 24.8 Å². The lowest BCUT2D eigenvalue weighted by atomic mass is 10.2. The molecule has 1 aromatic heterocycles. The summed E-state index contributed by atoms with van der Waals surface area (Å²) in [7, 11) is 0. The fourth-order valence-corrected chi connectivity index (χ4v) is 3.53. The zero-order valence-electron chi connectivity index (χ0n) is 15.5. The Morgan fingerprint density at radius 2 is 1.93 bits per heavy atom. The molecule has 2 aromatic carbocycles. The molecule has 0 bridgehead atoms. The van der Waals surface area contributed by atoms with Crippen molar-refractivity contribution in [2.75, 3.05) is 19.8 Å². The second-order valence-electron chi connectivity index (χ2n) is 5.90. The van der Waals surface area contributed by atoms with Gasteiger partial charge in [-0.3, -0.25) is 4.79 Å². The van der Waals surface area contributed by atoms with Crippen molar-refractivity contribution in [1.29, 1.82) is 0 Å². The van der Waals surface area contributed by atoms with E-state index >= 15 is 0 Å². The number of amides is 1. The molecular formula is C21H21ClN2O3S. The smallest absolute Gasteiger partial charge is 0.226 e. The molecule has 0 spiro atoms. The van der Waals surface area contributed by atoms with E-state index in [2.05, 4.69) is 10.3 Å². The number of benzene rings is 2. The molecule has 0 radical (unpaired) electrons. The second kappa shape index (κ2) is 10.1. The molecule has 0 fully saturated rings. The molecule has 0 aliphatic carbocycles. The summed E-state index contributed by atoms with van der Waals surface area (Å²) in [6, 6.07) is 14.9. The van der Waals surface area contributed by atoms with Crippen LogP contribution in [0.4, 0.5) is 0 Å². The van der Waals surface area contributed by atoms with Crippen LogP contribution in [0.15, 0.2) is 53.9 Å². The number of para-hydroxylation sites is 1. The van der Waals surface area contributed by atoms with Crippen molar-refractivity contribution in [2.45, 2.75) is 13.3 Å². The van der Waals surface area contributed by atoms with E-state index in [4.69, 9.17) is 21.1 Å². The van der Waals surface area contributed by atoms with Gasteiger partial charge in [0.2, 0.25) is 5.91 Å². The predicted octanol–water partition coefficient (Wildman–Crippen LogP) is 4.60. The fourth-order valence-electron chi connectivity index (χ4n) is 2.55. The molecule has 3 aromatic rings. The minimum absolute atomic E-state index is 0.0883. The average molecular weight is 417 g/mol. The summed E-state index contributed by atoms with van der Waals surface area (Å²) in [5.41, 5.74) is 1.68. The van der Waals surface area contributed by atoms with E-state index in [1.165, 1.54) is 11.3 Å². The number of carbonyl (C=O) groups excluding carboxylic acids is 1. The monoisotopic (exact) mass is 416 g/mol. The minimum Gasteiger partial charge on any atom is -0.493 e. The fraction of sp³-hybridized carbons (Fsp3) is 0.238. The van der Waals surface area contributed by atoms with Gasteiger partial charge >= 0.3 is 0 Å². The van der Waals surface area contributed by atoms with Crippen LogP contribution in [0.3, 0.4) is 0 Å². The van der Waals surface area contributed by atoms with Gasteiger partial charge in [-0.2, -0.15) is 0 Å². The quantitative estimate of drug-likeness (QED) is 0.518. The summed E-state index contributed by atoms with van der Waals surface area (Å²) >= 11 is 7.34. The first-order valence-electron chi connectivity index (χ1n) is 8.97. The molecule has 1 amide bonds. The standard InChI is InChI=1S/C21H21ClN2O3S/c1-2-26-19-6-4-3-5-18(19)21-24-16(14-28-21)13-20(25)23-11-12-27-17-9-7-15(22)8-10-17/h3-10,14H,2,11-13H2,1H3,(H,23,25). The van der Waals surface area contributed by atoms with Crippen LogP contribution in [0.2, 0.25) is 5.02 Å². The van der Waals surface area contributed by atoms with E-state index in [1.807, 2.05) is 36.6 Å². The van der Waals surface area contributed by atoms with Gasteiger partial charge in [0.15, 0.2) is 0 Å². The maximum atomic E-state index is 12.1. The molecule has 5 nitrogen and oxygen atoms in total. The highest BCUT2D eigenvalue weighted by Crippen LogP contribution is 2.32. The van der Waals surface area contributed by atoms with E-state index in [1.54, 1.807) is 24.3 Å². The van der Waals surface area contributed by atoms with Crippen LogP contribution in [0.1, 0.15) is 12.6 Å². The summed E-state index contributed by atoms with van der Waals surface area (Å²) in [5, 5.41) is 6.25. The van der Waals surface area contributed by atoms with Gasteiger partial charge in [0.1, 0.15) is 23.1 Å². The summed E-state index contributed by atoms with van der Waals surface area (Å²) in [5.74, 6) is 1.43. The van der Waals surface area contributed by atoms with E-state index in [9.17, 15) is 4.79 Å². The van der Waals surface area contributed by atoms with Crippen molar-refractivity contribution in [1.82, 2.24) is 10.3 Å². The number of aromatic nitrogens is 1. The van der Waals surface area contributed by atoms with Gasteiger partial charge in [-0.15, -0.1) is 11.3 Å². The molecule has 0 aliphatic heterocycles. The van der Waals surface area contributed by atoms with Gasteiger partial charge in [0.25, 0.3) is 0 Å². The van der Waals surface area contributed by atoms with Crippen LogP contribution in [0.5, 0.6) is 11.5 Å². The van der Waals surface area contributed by atoms with E-state index in [-0.39, 0.29) is 12.3 Å². The summed E-state index contributed by atoms with van der Waals surface area (Å²) in [4.78, 5) is 16.7. The lowest BCUT2D eigenvalue weighted by molar-refractivity contribution is -0.120. The summed E-state index contributed by atoms with van der Waals surface area (Å²) < 4.78 is 11.2. The number of nitrogens with zero attached hydrogens (tertiary/aromatic N) is 1. The topological polar surface area (TPSA) is 60.5 Å². The number of thiazole rings is 1. The maximum Gasteiger partial charge on any atom is 0.226 e. The van der Waals surface area contributed by atoms with Crippen LogP contribution in [-0.4, -0.2) is 30.6 Å². The van der Waals surface area contributed by atoms with Gasteiger partial charge in [0.05, 0.1) is 30.8 Å². The van der Waals surface area contributed by atoms with Gasteiger partial charge in [0, 0.05) is 10.4 Å². The van der Waals surface area contributed by atoms with Crippen molar-refractivity contribution >= 4 is 28.8 Å². The van der Waals surface area contributed by atoms with Crippen molar-refractivity contribution in [3.05, 3.63) is 64.6 Å². The van der Waals surface area contributed by atoms with Gasteiger partial charge in [-0.05, 0) is 43.3 Å². The molecule has 0 unspecified atom stereocenters. The molecule has 0 saturated heterocycles. The van der Waals surface area contributed by atoms with Crippen LogP contribution in [-0.2, 0) is 11.2 Å². The lowest BCUT2D eigenvalue weighted by Gasteiger charge is -2.08. The molecule has 1 heterocycles. The second-order valence-corrected chi connectivity index (χ2v) is 7.20. The van der Waals surface area contributed by atoms with Gasteiger partial charge in [-0.1, -0.05) is 23.7 Å². The molecule has 0 saturated carbocycles. The van der Waals surface area contributed by atoms with Gasteiger partial charge in [-0.25, -0.2) is 4.98 Å². The number of ether oxygens (including phenoxy) is 2. The highest BCUT2D eigenvalue weighted by atomic mass is 35.5. The highest BCUT2D eigenvalue weighted by Gasteiger charge is 2.12. The third-order valence-corrected chi connectivity index (χ3v) is 4.99. The highest BCUT2D eigenvalue weighted by molar-refractivity contribution is 7.13. The molecular weight excluding hydrogens is 396 g/mol. The van der Waals surface area contributed by atoms with E-state index in [0.717, 1.165) is 27.8 Å². The third kappa shape index (κ3) is 5.71. The summed E-state index contributed by atoms with van der Waals surface area (Å²) in [6.45, 7) is 3.35. The lowest BCUT2D eigenvalue weighted by Crippen LogP contribution is -2.29. The summed E-state index contributed by atoms with van der Waals surface area (Å²) in [6.07, 6.45) is 0.230. The van der Waals surface area contributed by atoms with Crippen molar-refractivity contribution in [3.8, 4) is 22.1 Å². The number of hydrogen-bond acceptors (Lipinski definition) is 5. The molecule has 7 heteroatoms. The molecule has 1 N–H and O–H groups in total. The van der Waals surface area contributed by atoms with Crippen LogP contribution < -0.4 is 14.8 Å². The molecule has 3 rings (SSSR count).